The lowest BCUT2D eigenvalue weighted by molar-refractivity contribution is -0.511. The summed E-state index contributed by atoms with van der Waals surface area (Å²) in [6.07, 6.45) is -7.59. The van der Waals surface area contributed by atoms with Gasteiger partial charge < -0.3 is 20.3 Å². The average molecular weight is 488 g/mol. The van der Waals surface area contributed by atoms with Gasteiger partial charge in [0, 0.05) is 4.92 Å². The van der Waals surface area contributed by atoms with Gasteiger partial charge in [0.2, 0.25) is 6.04 Å². The molecule has 0 radical (unpaired) electrons. The third kappa shape index (κ3) is 5.11. The van der Waals surface area contributed by atoms with Gasteiger partial charge in [0.15, 0.2) is 0 Å². The maximum absolute atomic E-state index is 14.6. The van der Waals surface area contributed by atoms with Crippen LogP contribution in [0.2, 0.25) is 0 Å². The largest absolute Gasteiger partial charge is 0.573 e. The first kappa shape index (κ1) is 24.6. The number of carbonyl (C=O) groups excluding carboxylic acids is 1. The van der Waals surface area contributed by atoms with Gasteiger partial charge in [0.1, 0.15) is 28.6 Å². The number of rotatable bonds is 6. The van der Waals surface area contributed by atoms with E-state index >= 15 is 0 Å². The molecule has 14 heteroatoms. The van der Waals surface area contributed by atoms with Crippen LogP contribution < -0.4 is 10.1 Å². The Kier molecular flexibility index (Phi) is 6.54. The Morgan fingerprint density at radius 3 is 2.24 bits per heavy atom. The van der Waals surface area contributed by atoms with E-state index in [-0.39, 0.29) is 11.1 Å². The Hall–Kier alpha value is -4.07. The van der Waals surface area contributed by atoms with Crippen molar-refractivity contribution in [2.75, 3.05) is 5.32 Å². The van der Waals surface area contributed by atoms with Gasteiger partial charge in [-0.25, -0.2) is 13.6 Å². The van der Waals surface area contributed by atoms with Gasteiger partial charge >= 0.3 is 12.3 Å². The molecule has 0 bridgehead atoms. The fraction of sp³-hybridized carbons (Fsp3) is 0.200. The number of aliphatic carboxylic acids is 1. The van der Waals surface area contributed by atoms with E-state index in [4.69, 9.17) is 0 Å². The molecule has 1 aliphatic carbocycles. The minimum atomic E-state index is -4.99. The number of carboxylic acids is 1. The normalized spacial score (nSPS) is 18.1. The van der Waals surface area contributed by atoms with E-state index in [9.17, 15) is 51.9 Å². The maximum atomic E-state index is 14.6. The van der Waals surface area contributed by atoms with Crippen molar-refractivity contribution in [3.05, 3.63) is 69.3 Å². The van der Waals surface area contributed by atoms with E-state index < -0.39 is 75.9 Å². The van der Waals surface area contributed by atoms with Crippen molar-refractivity contribution in [3.8, 4) is 16.9 Å². The molecule has 9 nitrogen and oxygen atoms in total. The number of amides is 1. The fourth-order valence-electron chi connectivity index (χ4n) is 3.44. The van der Waals surface area contributed by atoms with Gasteiger partial charge in [0.25, 0.3) is 5.91 Å². The molecule has 180 valence electrons. The Balaban J connectivity index is 1.93. The molecule has 0 aromatic heterocycles. The topological polar surface area (TPSA) is 139 Å². The summed E-state index contributed by atoms with van der Waals surface area (Å²) in [5, 5.41) is 32.0. The molecule has 3 rings (SSSR count). The minimum absolute atomic E-state index is 0.0617. The summed E-state index contributed by atoms with van der Waals surface area (Å²) in [5.41, 5.74) is -3.29. The summed E-state index contributed by atoms with van der Waals surface area (Å²) in [6, 6.07) is 3.69. The number of halogens is 5. The number of aliphatic hydroxyl groups is 1. The molecule has 0 heterocycles. The van der Waals surface area contributed by atoms with Crippen LogP contribution >= 0.6 is 0 Å². The third-order valence-corrected chi connectivity index (χ3v) is 4.81. The van der Waals surface area contributed by atoms with E-state index in [0.29, 0.717) is 12.1 Å². The highest BCUT2D eigenvalue weighted by molar-refractivity contribution is 6.10. The van der Waals surface area contributed by atoms with E-state index in [1.54, 1.807) is 5.32 Å². The van der Waals surface area contributed by atoms with Crippen LogP contribution in [0.5, 0.6) is 5.75 Å². The molecule has 1 aliphatic rings. The van der Waals surface area contributed by atoms with Gasteiger partial charge in [-0.2, -0.15) is 0 Å². The molecule has 2 unspecified atom stereocenters. The second kappa shape index (κ2) is 9.05. The van der Waals surface area contributed by atoms with Crippen molar-refractivity contribution >= 4 is 17.6 Å². The Morgan fingerprint density at radius 2 is 1.71 bits per heavy atom. The van der Waals surface area contributed by atoms with Crippen LogP contribution in [0, 0.1) is 21.7 Å². The number of benzene rings is 2. The predicted octanol–water partition coefficient (Wildman–Crippen LogP) is 3.26. The average Bonchev–Trinajstić information content (AvgIpc) is 3.07. The maximum Gasteiger partial charge on any atom is 0.573 e. The quantitative estimate of drug-likeness (QED) is 0.322. The van der Waals surface area contributed by atoms with Crippen LogP contribution in [0.15, 0.2) is 47.5 Å². The summed E-state index contributed by atoms with van der Waals surface area (Å²) in [6.45, 7) is 0. The molecule has 0 aliphatic heterocycles. The number of ether oxygens (including phenoxy) is 1. The lowest BCUT2D eigenvalue weighted by atomic mass is 10.0. The highest BCUT2D eigenvalue weighted by atomic mass is 19.4. The Bertz CT molecular complexity index is 1190. The predicted molar refractivity (Wildman–Crippen MR) is 103 cm³/mol. The Labute approximate surface area is 186 Å². The smallest absolute Gasteiger partial charge is 0.478 e. The van der Waals surface area contributed by atoms with Crippen LogP contribution in [0.1, 0.15) is 6.42 Å². The number of nitrogens with one attached hydrogen (secondary N) is 1. The van der Waals surface area contributed by atoms with Gasteiger partial charge in [0.05, 0.1) is 18.1 Å². The summed E-state index contributed by atoms with van der Waals surface area (Å²) in [7, 11) is 0. The van der Waals surface area contributed by atoms with Crippen LogP contribution in [0.25, 0.3) is 11.1 Å². The van der Waals surface area contributed by atoms with Gasteiger partial charge in [-0.05, 0) is 35.4 Å². The van der Waals surface area contributed by atoms with Gasteiger partial charge in [-0.1, -0.05) is 12.1 Å². The first-order valence-electron chi connectivity index (χ1n) is 9.24. The van der Waals surface area contributed by atoms with Crippen LogP contribution in [0.4, 0.5) is 27.6 Å². The van der Waals surface area contributed by atoms with Gasteiger partial charge in [-0.15, -0.1) is 13.2 Å². The molecule has 34 heavy (non-hydrogen) atoms. The van der Waals surface area contributed by atoms with Gasteiger partial charge in [-0.3, -0.25) is 14.9 Å². The van der Waals surface area contributed by atoms with E-state index in [2.05, 4.69) is 4.74 Å². The summed E-state index contributed by atoms with van der Waals surface area (Å²) in [4.78, 5) is 33.9. The lowest BCUT2D eigenvalue weighted by Gasteiger charge is -2.13. The van der Waals surface area contributed by atoms with E-state index in [1.807, 2.05) is 0 Å². The molecule has 3 N–H and O–H groups in total. The molecular formula is C20H13F5N2O7. The number of carbonyl (C=O) groups is 2. The first-order valence-corrected chi connectivity index (χ1v) is 9.24. The first-order chi connectivity index (χ1) is 15.8. The number of nitro groups is 1. The second-order valence-electron chi connectivity index (χ2n) is 7.03. The number of aliphatic hydroxyl groups excluding tert-OH is 1. The van der Waals surface area contributed by atoms with Crippen molar-refractivity contribution < 1.29 is 51.4 Å². The number of alkyl halides is 3. The molecule has 2 aromatic rings. The van der Waals surface area contributed by atoms with Crippen LogP contribution in [0.3, 0.4) is 0 Å². The second-order valence-corrected chi connectivity index (χ2v) is 7.03. The number of hydrogen-bond acceptors (Lipinski definition) is 6. The lowest BCUT2D eigenvalue weighted by Crippen LogP contribution is -2.25. The highest BCUT2D eigenvalue weighted by Crippen LogP contribution is 2.33. The summed E-state index contributed by atoms with van der Waals surface area (Å²) >= 11 is 0. The standard InChI is InChI=1S/C20H13F5N2O7/c21-11-5-9(8-2-1-3-10(4-8)34-20(23,24)25)6-12(22)17(11)26-18(29)16-14(28)7-13(27(32)33)15(16)19(30)31/h1-6,13-14,28H,7H2,(H,26,29)(H,30,31). The molecule has 2 atom stereocenters. The third-order valence-electron chi connectivity index (χ3n) is 4.81. The number of anilines is 1. The SMILES string of the molecule is O=C(O)C1=C(C(=O)Nc2c(F)cc(-c3cccc(OC(F)(F)F)c3)cc2F)C(O)CC1[N+](=O)[O-]. The van der Waals surface area contributed by atoms with Crippen LogP contribution in [-0.2, 0) is 9.59 Å². The zero-order chi connectivity index (χ0) is 25.4. The molecule has 0 saturated heterocycles. The molecular weight excluding hydrogens is 475 g/mol. The monoisotopic (exact) mass is 488 g/mol. The van der Waals surface area contributed by atoms with Crippen LogP contribution in [-0.4, -0.2) is 45.5 Å². The molecule has 0 saturated carbocycles. The fourth-order valence-corrected chi connectivity index (χ4v) is 3.44. The molecule has 2 aromatic carbocycles. The zero-order valence-electron chi connectivity index (χ0n) is 16.6. The number of hydrogen-bond donors (Lipinski definition) is 3. The Morgan fingerprint density at radius 1 is 1.09 bits per heavy atom. The highest BCUT2D eigenvalue weighted by Gasteiger charge is 2.46. The van der Waals surface area contributed by atoms with E-state index in [1.165, 1.54) is 6.07 Å². The van der Waals surface area contributed by atoms with Crippen molar-refractivity contribution in [3.63, 3.8) is 0 Å². The summed E-state index contributed by atoms with van der Waals surface area (Å²) < 4.78 is 70.2. The minimum Gasteiger partial charge on any atom is -0.478 e. The molecule has 0 fully saturated rings. The number of carboxylic acid groups (broad SMARTS) is 1. The number of nitrogens with zero attached hydrogens (tertiary/aromatic N) is 1. The van der Waals surface area contributed by atoms with Crippen molar-refractivity contribution in [2.45, 2.75) is 24.9 Å². The van der Waals surface area contributed by atoms with E-state index in [0.717, 1.165) is 18.2 Å². The molecule has 1 amide bonds. The summed E-state index contributed by atoms with van der Waals surface area (Å²) in [5.74, 6) is -6.75. The van der Waals surface area contributed by atoms with Crippen molar-refractivity contribution in [1.82, 2.24) is 0 Å². The van der Waals surface area contributed by atoms with Crippen molar-refractivity contribution in [2.24, 2.45) is 0 Å². The molecule has 0 spiro atoms. The van der Waals surface area contributed by atoms with Crippen molar-refractivity contribution in [1.29, 1.82) is 0 Å². The zero-order valence-corrected chi connectivity index (χ0v) is 16.6.